The Bertz CT molecular complexity index is 772. The molecule has 0 aromatic carbocycles. The fraction of sp³-hybridized carbons (Fsp3) is 0.700. The minimum Gasteiger partial charge on any atom is -0.481 e. The molecule has 186 valence electrons. The third-order valence-electron chi connectivity index (χ3n) is 5.18. The Balaban J connectivity index is 2.95. The molecule has 0 radical (unpaired) electrons. The molecule has 0 aromatic heterocycles. The molecule has 1 fully saturated rings. The molecule has 0 bridgehead atoms. The normalized spacial score (nSPS) is 18.3. The first kappa shape index (κ1) is 27.8. The molecule has 0 aromatic rings. The Labute approximate surface area is 191 Å². The summed E-state index contributed by atoms with van der Waals surface area (Å²) in [6, 6.07) is -4.71. The van der Waals surface area contributed by atoms with Crippen LogP contribution in [0, 0.1) is 5.92 Å². The first-order valence-corrected chi connectivity index (χ1v) is 10.7. The Hall–Kier alpha value is -3.22. The molecule has 33 heavy (non-hydrogen) atoms. The zero-order valence-corrected chi connectivity index (χ0v) is 18.8. The van der Waals surface area contributed by atoms with Crippen LogP contribution in [-0.4, -0.2) is 81.4 Å². The van der Waals surface area contributed by atoms with E-state index in [0.717, 1.165) is 0 Å². The van der Waals surface area contributed by atoms with Gasteiger partial charge in [-0.1, -0.05) is 13.8 Å². The van der Waals surface area contributed by atoms with Gasteiger partial charge in [0.2, 0.25) is 23.6 Å². The van der Waals surface area contributed by atoms with Crippen molar-refractivity contribution in [1.29, 1.82) is 0 Å². The standard InChI is InChI=1S/C20H33N5O8/c1-10(2)8-11(21)19(31)25-7-3-4-14(25)18(30)23-12(5-6-16(27)28)17(29)24-13(20(32)33)9-15(22)26/h10-14H,3-9,21H2,1-2H3,(H2,22,26)(H,23,30)(H,24,29)(H,27,28)(H,32,33). The van der Waals surface area contributed by atoms with Gasteiger partial charge in [0.05, 0.1) is 12.5 Å². The van der Waals surface area contributed by atoms with Gasteiger partial charge in [-0.15, -0.1) is 0 Å². The number of aliphatic carboxylic acids is 2. The number of carboxylic acid groups (broad SMARTS) is 2. The van der Waals surface area contributed by atoms with Crippen molar-refractivity contribution in [2.75, 3.05) is 6.54 Å². The zero-order valence-electron chi connectivity index (χ0n) is 18.8. The smallest absolute Gasteiger partial charge is 0.326 e. The largest absolute Gasteiger partial charge is 0.481 e. The van der Waals surface area contributed by atoms with Crippen LogP contribution in [0.25, 0.3) is 0 Å². The fourth-order valence-electron chi connectivity index (χ4n) is 3.60. The lowest BCUT2D eigenvalue weighted by Crippen LogP contribution is -2.57. The first-order chi connectivity index (χ1) is 15.3. The summed E-state index contributed by atoms with van der Waals surface area (Å²) in [7, 11) is 0. The first-order valence-electron chi connectivity index (χ1n) is 10.7. The second kappa shape index (κ2) is 12.7. The van der Waals surface area contributed by atoms with E-state index in [9.17, 15) is 33.9 Å². The van der Waals surface area contributed by atoms with Gasteiger partial charge in [0, 0.05) is 13.0 Å². The third kappa shape index (κ3) is 9.04. The van der Waals surface area contributed by atoms with E-state index in [1.807, 2.05) is 13.8 Å². The van der Waals surface area contributed by atoms with Crippen LogP contribution < -0.4 is 22.1 Å². The topological polar surface area (TPSA) is 222 Å². The van der Waals surface area contributed by atoms with E-state index in [4.69, 9.17) is 16.6 Å². The summed E-state index contributed by atoms with van der Waals surface area (Å²) in [5.41, 5.74) is 11.0. The van der Waals surface area contributed by atoms with Crippen molar-refractivity contribution in [1.82, 2.24) is 15.5 Å². The number of hydrogen-bond donors (Lipinski definition) is 6. The number of nitrogens with one attached hydrogen (secondary N) is 2. The molecule has 0 spiro atoms. The van der Waals surface area contributed by atoms with Crippen LogP contribution >= 0.6 is 0 Å². The molecule has 0 saturated carbocycles. The highest BCUT2D eigenvalue weighted by molar-refractivity contribution is 5.95. The second-order valence-electron chi connectivity index (χ2n) is 8.49. The Kier molecular flexibility index (Phi) is 10.7. The van der Waals surface area contributed by atoms with Crippen LogP contribution in [0.5, 0.6) is 0 Å². The van der Waals surface area contributed by atoms with Crippen molar-refractivity contribution in [3.05, 3.63) is 0 Å². The van der Waals surface area contributed by atoms with Crippen molar-refractivity contribution in [2.45, 2.75) is 76.5 Å². The van der Waals surface area contributed by atoms with Gasteiger partial charge in [-0.3, -0.25) is 24.0 Å². The number of carbonyl (C=O) groups is 6. The summed E-state index contributed by atoms with van der Waals surface area (Å²) in [6.07, 6.45) is -0.187. The highest BCUT2D eigenvalue weighted by atomic mass is 16.4. The van der Waals surface area contributed by atoms with Crippen LogP contribution in [0.3, 0.4) is 0 Å². The summed E-state index contributed by atoms with van der Waals surface area (Å²) in [5.74, 6) is -5.59. The van der Waals surface area contributed by atoms with Gasteiger partial charge in [-0.25, -0.2) is 4.79 Å². The van der Waals surface area contributed by atoms with Gasteiger partial charge in [0.25, 0.3) is 0 Å². The molecule has 8 N–H and O–H groups in total. The van der Waals surface area contributed by atoms with Gasteiger partial charge < -0.3 is 37.2 Å². The van der Waals surface area contributed by atoms with E-state index >= 15 is 0 Å². The lowest BCUT2D eigenvalue weighted by Gasteiger charge is -2.29. The number of primary amides is 1. The Morgan fingerprint density at radius 3 is 2.21 bits per heavy atom. The lowest BCUT2D eigenvalue weighted by molar-refractivity contribution is -0.144. The summed E-state index contributed by atoms with van der Waals surface area (Å²) in [5, 5.41) is 22.6. The Morgan fingerprint density at radius 1 is 1.06 bits per heavy atom. The number of rotatable bonds is 13. The Morgan fingerprint density at radius 2 is 1.70 bits per heavy atom. The molecule has 4 unspecified atom stereocenters. The van der Waals surface area contributed by atoms with Gasteiger partial charge in [-0.2, -0.15) is 0 Å². The third-order valence-corrected chi connectivity index (χ3v) is 5.18. The molecule has 13 nitrogen and oxygen atoms in total. The number of hydrogen-bond acceptors (Lipinski definition) is 7. The van der Waals surface area contributed by atoms with Crippen LogP contribution in [0.1, 0.15) is 52.4 Å². The van der Waals surface area contributed by atoms with Crippen molar-refractivity contribution >= 4 is 35.6 Å². The van der Waals surface area contributed by atoms with Crippen LogP contribution in [0.2, 0.25) is 0 Å². The maximum absolute atomic E-state index is 12.9. The van der Waals surface area contributed by atoms with Crippen molar-refractivity contribution in [2.24, 2.45) is 17.4 Å². The summed E-state index contributed by atoms with van der Waals surface area (Å²) < 4.78 is 0. The molecule has 1 heterocycles. The van der Waals surface area contributed by atoms with E-state index in [1.54, 1.807) is 0 Å². The monoisotopic (exact) mass is 471 g/mol. The number of carbonyl (C=O) groups excluding carboxylic acids is 4. The molecule has 1 saturated heterocycles. The highest BCUT2D eigenvalue weighted by Gasteiger charge is 2.38. The van der Waals surface area contributed by atoms with Crippen LogP contribution in [0.15, 0.2) is 0 Å². The quantitative estimate of drug-likeness (QED) is 0.177. The SMILES string of the molecule is CC(C)CC(N)C(=O)N1CCCC1C(=O)NC(CCC(=O)O)C(=O)NC(CC(N)=O)C(=O)O. The van der Waals surface area contributed by atoms with Gasteiger partial charge in [0.15, 0.2) is 0 Å². The predicted octanol–water partition coefficient (Wildman–Crippen LogP) is -1.85. The number of likely N-dealkylation sites (tertiary alicyclic amines) is 1. The lowest BCUT2D eigenvalue weighted by atomic mass is 10.0. The van der Waals surface area contributed by atoms with E-state index in [0.29, 0.717) is 25.8 Å². The van der Waals surface area contributed by atoms with E-state index in [1.165, 1.54) is 4.90 Å². The molecule has 0 aliphatic carbocycles. The highest BCUT2D eigenvalue weighted by Crippen LogP contribution is 2.20. The van der Waals surface area contributed by atoms with Gasteiger partial charge in [0.1, 0.15) is 18.1 Å². The molecule has 1 aliphatic heterocycles. The molecule has 1 rings (SSSR count). The average Bonchev–Trinajstić information content (AvgIpc) is 3.18. The summed E-state index contributed by atoms with van der Waals surface area (Å²) in [4.78, 5) is 72.9. The number of carboxylic acids is 2. The van der Waals surface area contributed by atoms with E-state index < -0.39 is 66.7 Å². The minimum atomic E-state index is -1.64. The maximum atomic E-state index is 12.9. The number of amides is 4. The van der Waals surface area contributed by atoms with Gasteiger partial charge in [-0.05, 0) is 31.6 Å². The average molecular weight is 472 g/mol. The van der Waals surface area contributed by atoms with Crippen LogP contribution in [-0.2, 0) is 28.8 Å². The molecular weight excluding hydrogens is 438 g/mol. The van der Waals surface area contributed by atoms with Crippen molar-refractivity contribution < 1.29 is 39.0 Å². The fourth-order valence-corrected chi connectivity index (χ4v) is 3.60. The molecular formula is C20H33N5O8. The predicted molar refractivity (Wildman–Crippen MR) is 114 cm³/mol. The van der Waals surface area contributed by atoms with Crippen LogP contribution in [0.4, 0.5) is 0 Å². The van der Waals surface area contributed by atoms with Gasteiger partial charge >= 0.3 is 11.9 Å². The molecule has 4 amide bonds. The number of nitrogens with two attached hydrogens (primary N) is 2. The van der Waals surface area contributed by atoms with E-state index in [2.05, 4.69) is 10.6 Å². The molecule has 1 aliphatic rings. The minimum absolute atomic E-state index is 0.172. The van der Waals surface area contributed by atoms with Crippen molar-refractivity contribution in [3.8, 4) is 0 Å². The number of nitrogens with zero attached hydrogens (tertiary/aromatic N) is 1. The second-order valence-corrected chi connectivity index (χ2v) is 8.49. The van der Waals surface area contributed by atoms with Crippen molar-refractivity contribution in [3.63, 3.8) is 0 Å². The summed E-state index contributed by atoms with van der Waals surface area (Å²) >= 11 is 0. The molecule has 13 heteroatoms. The molecule has 4 atom stereocenters. The maximum Gasteiger partial charge on any atom is 0.326 e. The van der Waals surface area contributed by atoms with E-state index in [-0.39, 0.29) is 18.2 Å². The zero-order chi connectivity index (χ0) is 25.3. The summed E-state index contributed by atoms with van der Waals surface area (Å²) in [6.45, 7) is 4.14.